The largest absolute Gasteiger partial charge is 2.00 e. The third kappa shape index (κ3) is 50.9. The minimum Gasteiger partial charge on any atom is -0.742 e. The average molecular weight is 639 g/mol. The molecule has 0 fully saturated rings. The van der Waals surface area contributed by atoms with Gasteiger partial charge in [0.25, 0.3) is 0 Å². The fraction of sp³-hybridized carbons (Fsp3) is 0.944. The van der Waals surface area contributed by atoms with Gasteiger partial charge in [-0.05, 0) is 25.7 Å². The summed E-state index contributed by atoms with van der Waals surface area (Å²) in [6.45, 7) is 4.55. The molecule has 5 heteroatoms. The molecule has 0 saturated heterocycles. The zero-order valence-corrected chi connectivity index (χ0v) is 31.8. The van der Waals surface area contributed by atoms with Gasteiger partial charge < -0.3 is 34.8 Å². The summed E-state index contributed by atoms with van der Waals surface area (Å²) in [7, 11) is 0. The smallest absolute Gasteiger partial charge is 0.742 e. The molecule has 0 aromatic heterocycles. The summed E-state index contributed by atoms with van der Waals surface area (Å²) in [5.74, 6) is 0. The summed E-state index contributed by atoms with van der Waals surface area (Å²) in [6.07, 6.45) is 42.0. The van der Waals surface area contributed by atoms with Gasteiger partial charge in [-0.1, -0.05) is 194 Å². The van der Waals surface area contributed by atoms with Gasteiger partial charge in [0.1, 0.15) is 0 Å². The van der Waals surface area contributed by atoms with E-state index in [0.29, 0.717) is 12.8 Å². The van der Waals surface area contributed by atoms with E-state index in [9.17, 15) is 9.59 Å². The molecule has 0 spiro atoms. The van der Waals surface area contributed by atoms with Gasteiger partial charge >= 0.3 is 37.7 Å². The molecule has 240 valence electrons. The van der Waals surface area contributed by atoms with Crippen LogP contribution in [0.5, 0.6) is 0 Å². The third-order valence-corrected chi connectivity index (χ3v) is 8.38. The molecular weight excluding hydrogens is 569 g/mol. The Balaban J connectivity index is -0.000000688. The minimum atomic E-state index is -0.0697. The van der Waals surface area contributed by atoms with Crippen LogP contribution < -0.4 is 0 Å². The zero-order valence-electron chi connectivity index (χ0n) is 28.0. The van der Waals surface area contributed by atoms with Crippen LogP contribution in [-0.4, -0.2) is 48.0 Å². The van der Waals surface area contributed by atoms with Gasteiger partial charge in [0.15, 0.2) is 0 Å². The topological polar surface area (TPSA) is 34.1 Å². The molecule has 0 saturated carbocycles. The quantitative estimate of drug-likeness (QED) is 0.0417. The Morgan fingerprint density at radius 1 is 0.317 bits per heavy atom. The van der Waals surface area contributed by atoms with E-state index >= 15 is 0 Å². The molecule has 0 bridgehead atoms. The summed E-state index contributed by atoms with van der Waals surface area (Å²) in [5.41, 5.74) is 0. The van der Waals surface area contributed by atoms with Gasteiger partial charge in [-0.2, -0.15) is 0 Å². The van der Waals surface area contributed by atoms with Crippen molar-refractivity contribution in [1.29, 1.82) is 0 Å². The standard InChI is InChI=1S/2C18H36OS.Ca/c2*1-2-3-4-5-6-7-8-9-10-11-12-13-14-15-16-17-18(19)20;/h2*2-17H2,1H3,(H,19,20);/q;;+2/p-2. The summed E-state index contributed by atoms with van der Waals surface area (Å²) >= 11 is 9.08. The molecule has 0 aromatic rings. The van der Waals surface area contributed by atoms with E-state index in [2.05, 4.69) is 39.1 Å². The van der Waals surface area contributed by atoms with Gasteiger partial charge in [-0.25, -0.2) is 0 Å². The van der Waals surface area contributed by atoms with E-state index < -0.39 is 0 Å². The Morgan fingerprint density at radius 3 is 0.610 bits per heavy atom. The van der Waals surface area contributed by atoms with Crippen LogP contribution in [0.15, 0.2) is 0 Å². The summed E-state index contributed by atoms with van der Waals surface area (Å²) in [4.78, 5) is 21.2. The van der Waals surface area contributed by atoms with Crippen molar-refractivity contribution in [3.8, 4) is 0 Å². The third-order valence-electron chi connectivity index (χ3n) is 7.97. The fourth-order valence-electron chi connectivity index (χ4n) is 5.28. The average Bonchev–Trinajstić information content (AvgIpc) is 2.93. The number of unbranched alkanes of at least 4 members (excludes halogenated alkanes) is 28. The van der Waals surface area contributed by atoms with Gasteiger partial charge in [0.05, 0.1) is 0 Å². The second kappa shape index (κ2) is 43.2. The van der Waals surface area contributed by atoms with Crippen molar-refractivity contribution in [3.05, 3.63) is 0 Å². The number of hydrogen-bond donors (Lipinski definition) is 0. The molecule has 2 nitrogen and oxygen atoms in total. The predicted molar refractivity (Wildman–Crippen MR) is 190 cm³/mol. The first-order valence-electron chi connectivity index (χ1n) is 17.9. The molecule has 0 aliphatic carbocycles. The van der Waals surface area contributed by atoms with Crippen molar-refractivity contribution >= 4 is 73.2 Å². The Labute approximate surface area is 299 Å². The Kier molecular flexibility index (Phi) is 48.9. The molecule has 0 aliphatic heterocycles. The van der Waals surface area contributed by atoms with Crippen LogP contribution in [-0.2, 0) is 34.8 Å². The molecule has 0 aliphatic rings. The maximum atomic E-state index is 10.6. The summed E-state index contributed by atoms with van der Waals surface area (Å²) in [5, 5.41) is -0.139. The van der Waals surface area contributed by atoms with Gasteiger partial charge in [-0.15, -0.1) is 0 Å². The molecule has 41 heavy (non-hydrogen) atoms. The maximum absolute atomic E-state index is 10.6. The van der Waals surface area contributed by atoms with Gasteiger partial charge in [0.2, 0.25) is 0 Å². The van der Waals surface area contributed by atoms with E-state index in [0.717, 1.165) is 12.8 Å². The van der Waals surface area contributed by atoms with E-state index in [-0.39, 0.29) is 48.0 Å². The molecular formula is C36H70CaO2S2. The molecule has 0 aromatic carbocycles. The number of carbonyl (C=O) groups excluding carboxylic acids is 2. The number of rotatable bonds is 32. The Hall–Kier alpha value is 1.04. The van der Waals surface area contributed by atoms with E-state index in [1.54, 1.807) is 0 Å². The van der Waals surface area contributed by atoms with Gasteiger partial charge in [-0.3, -0.25) is 0 Å². The van der Waals surface area contributed by atoms with E-state index in [4.69, 9.17) is 0 Å². The van der Waals surface area contributed by atoms with Crippen molar-refractivity contribution < 1.29 is 9.59 Å². The minimum absolute atomic E-state index is 0. The van der Waals surface area contributed by atoms with E-state index in [1.807, 2.05) is 0 Å². The van der Waals surface area contributed by atoms with Crippen LogP contribution >= 0.6 is 0 Å². The van der Waals surface area contributed by atoms with Crippen LogP contribution in [0.25, 0.3) is 0 Å². The summed E-state index contributed by atoms with van der Waals surface area (Å²) in [6, 6.07) is 0. The first kappa shape index (κ1) is 46.5. The zero-order chi connectivity index (χ0) is 29.8. The maximum Gasteiger partial charge on any atom is 2.00 e. The predicted octanol–water partition coefficient (Wildman–Crippen LogP) is 12.3. The second-order valence-electron chi connectivity index (χ2n) is 12.1. The number of carbonyl (C=O) groups is 2. The molecule has 0 amide bonds. The Morgan fingerprint density at radius 2 is 0.463 bits per heavy atom. The molecule has 0 N–H and O–H groups in total. The van der Waals surface area contributed by atoms with Gasteiger partial charge in [0, 0.05) is 10.2 Å². The van der Waals surface area contributed by atoms with Crippen molar-refractivity contribution in [1.82, 2.24) is 0 Å². The van der Waals surface area contributed by atoms with Crippen molar-refractivity contribution in [2.75, 3.05) is 0 Å². The second-order valence-corrected chi connectivity index (χ2v) is 13.1. The van der Waals surface area contributed by atoms with Crippen molar-refractivity contribution in [3.63, 3.8) is 0 Å². The molecule has 0 radical (unpaired) electrons. The molecule has 0 atom stereocenters. The van der Waals surface area contributed by atoms with Crippen LogP contribution in [0.4, 0.5) is 0 Å². The SMILES string of the molecule is CCCCCCCCCCCCCCCCCC(=O)[S-].CCCCCCCCCCCCCCCCCC(=O)[S-].[Ca+2]. The monoisotopic (exact) mass is 638 g/mol. The van der Waals surface area contributed by atoms with Crippen molar-refractivity contribution in [2.24, 2.45) is 0 Å². The van der Waals surface area contributed by atoms with Crippen LogP contribution in [0.1, 0.15) is 219 Å². The Bertz CT molecular complexity index is 458. The molecule has 0 rings (SSSR count). The van der Waals surface area contributed by atoms with Crippen LogP contribution in [0.3, 0.4) is 0 Å². The van der Waals surface area contributed by atoms with E-state index in [1.165, 1.54) is 180 Å². The first-order chi connectivity index (χ1) is 19.5. The first-order valence-corrected chi connectivity index (χ1v) is 18.8. The number of hydrogen-bond acceptors (Lipinski definition) is 4. The normalized spacial score (nSPS) is 10.6. The van der Waals surface area contributed by atoms with Crippen LogP contribution in [0.2, 0.25) is 0 Å². The van der Waals surface area contributed by atoms with Crippen molar-refractivity contribution in [2.45, 2.75) is 219 Å². The molecule has 0 heterocycles. The fourth-order valence-corrected chi connectivity index (χ4v) is 5.57. The van der Waals surface area contributed by atoms with Crippen LogP contribution in [0, 0.1) is 0 Å². The summed E-state index contributed by atoms with van der Waals surface area (Å²) < 4.78 is 0. The molecule has 0 unspecified atom stereocenters.